The van der Waals surface area contributed by atoms with Crippen LogP contribution in [-0.2, 0) is 12.4 Å². The molecule has 0 atom stereocenters. The van der Waals surface area contributed by atoms with Gasteiger partial charge in [-0.3, -0.25) is 0 Å². The Kier molecular flexibility index (Phi) is 6.81. The average Bonchev–Trinajstić information content (AvgIpc) is 3.50. The van der Waals surface area contributed by atoms with Crippen molar-refractivity contribution in [1.29, 1.82) is 5.26 Å². The summed E-state index contributed by atoms with van der Waals surface area (Å²) in [4.78, 5) is 7.22. The number of benzene rings is 5. The Balaban J connectivity index is 1.48. The highest BCUT2D eigenvalue weighted by molar-refractivity contribution is 6.21. The topological polar surface area (TPSA) is 52.9 Å². The Morgan fingerprint density at radius 2 is 0.917 bits per heavy atom. The highest BCUT2D eigenvalue weighted by Crippen LogP contribution is 2.39. The lowest BCUT2D eigenvalue weighted by molar-refractivity contribution is -0.140. The molecule has 0 aliphatic heterocycles. The smallest absolute Gasteiger partial charge is 0.206 e. The van der Waals surface area contributed by atoms with Crippen molar-refractivity contribution in [2.75, 3.05) is 0 Å². The molecule has 0 aliphatic rings. The van der Waals surface area contributed by atoms with E-state index in [0.717, 1.165) is 12.1 Å². The highest BCUT2D eigenvalue weighted by Gasteiger charge is 2.35. The van der Waals surface area contributed by atoms with Gasteiger partial charge in [-0.15, -0.1) is 4.95 Å². The molecular formula is C36H14F8N4. The van der Waals surface area contributed by atoms with Gasteiger partial charge >= 0.3 is 12.4 Å². The van der Waals surface area contributed by atoms with Crippen LogP contribution in [0.3, 0.4) is 0 Å². The standard InChI is InChI=1S/C36H14F8N4/c1-46-48-34-26-11-18(20-5-9-32(38)30(13-20)36(42,43)44)3-7-22(26)24-14-27-23(15-28(24)34)21-6-2-17(10-25(21)33(27)47-16-45)19-4-8-31(37)29(12-19)35(39,40)41/h2-15H/b47-33+,48-34+. The van der Waals surface area contributed by atoms with Crippen LogP contribution in [0.1, 0.15) is 11.1 Å². The third-order valence-corrected chi connectivity index (χ3v) is 8.32. The maximum Gasteiger partial charge on any atom is 0.419 e. The van der Waals surface area contributed by atoms with Gasteiger partial charge < -0.3 is 0 Å². The van der Waals surface area contributed by atoms with Crippen molar-refractivity contribution in [3.63, 3.8) is 0 Å². The van der Waals surface area contributed by atoms with E-state index in [1.54, 1.807) is 54.7 Å². The van der Waals surface area contributed by atoms with Gasteiger partial charge in [-0.05, 0) is 92.3 Å². The van der Waals surface area contributed by atoms with E-state index in [1.807, 2.05) is 0 Å². The lowest BCUT2D eigenvalue weighted by Crippen LogP contribution is -2.08. The highest BCUT2D eigenvalue weighted by atomic mass is 19.4. The first kappa shape index (κ1) is 30.5. The zero-order valence-electron chi connectivity index (χ0n) is 23.9. The fourth-order valence-corrected chi connectivity index (χ4v) is 6.21. The number of rotatable bonds is 2. The molecule has 7 aromatic rings. The first-order valence-electron chi connectivity index (χ1n) is 13.9. The molecular weight excluding hydrogens is 640 g/mol. The molecule has 0 fully saturated rings. The third kappa shape index (κ3) is 4.81. The second-order valence-electron chi connectivity index (χ2n) is 11.0. The number of halogens is 8. The van der Waals surface area contributed by atoms with Gasteiger partial charge in [-0.2, -0.15) is 43.2 Å². The minimum Gasteiger partial charge on any atom is -0.206 e. The first-order valence-corrected chi connectivity index (χ1v) is 13.9. The maximum absolute atomic E-state index is 14.0. The van der Waals surface area contributed by atoms with E-state index in [1.165, 1.54) is 12.1 Å². The fraction of sp³-hybridized carbons (Fsp3) is 0.0556. The Morgan fingerprint density at radius 1 is 0.521 bits per heavy atom. The predicted octanol–water partition coefficient (Wildman–Crippen LogP) is 9.94. The van der Waals surface area contributed by atoms with Crippen molar-refractivity contribution in [1.82, 2.24) is 0 Å². The molecule has 0 N–H and O–H groups in total. The predicted molar refractivity (Wildman–Crippen MR) is 163 cm³/mol. The summed E-state index contributed by atoms with van der Waals surface area (Å²) in [5.74, 6) is -2.82. The summed E-state index contributed by atoms with van der Waals surface area (Å²) in [6.45, 7) is 7.44. The average molecular weight is 655 g/mol. The summed E-state index contributed by atoms with van der Waals surface area (Å²) < 4.78 is 108. The van der Waals surface area contributed by atoms with Crippen LogP contribution < -0.4 is 10.7 Å². The fourth-order valence-electron chi connectivity index (χ4n) is 6.21. The van der Waals surface area contributed by atoms with Crippen molar-refractivity contribution in [2.24, 2.45) is 10.1 Å². The van der Waals surface area contributed by atoms with Crippen molar-refractivity contribution >= 4 is 43.1 Å². The van der Waals surface area contributed by atoms with Crippen LogP contribution in [0.4, 0.5) is 35.1 Å². The van der Waals surface area contributed by atoms with Gasteiger partial charge in [0, 0.05) is 21.5 Å². The van der Waals surface area contributed by atoms with Gasteiger partial charge in [0.15, 0.2) is 5.36 Å². The van der Waals surface area contributed by atoms with Gasteiger partial charge in [-0.1, -0.05) is 36.4 Å². The van der Waals surface area contributed by atoms with E-state index >= 15 is 0 Å². The molecule has 7 rings (SSSR count). The van der Waals surface area contributed by atoms with Crippen LogP contribution in [0.5, 0.6) is 0 Å². The molecule has 0 spiro atoms. The number of nitriles is 1. The van der Waals surface area contributed by atoms with Gasteiger partial charge in [-0.25, -0.2) is 8.78 Å². The molecule has 0 radical (unpaired) electrons. The summed E-state index contributed by atoms with van der Waals surface area (Å²) >= 11 is 0. The Morgan fingerprint density at radius 3 is 1.35 bits per heavy atom. The Hall–Kier alpha value is -6.14. The van der Waals surface area contributed by atoms with Crippen LogP contribution in [0, 0.1) is 29.7 Å². The van der Waals surface area contributed by atoms with Gasteiger partial charge in [0.1, 0.15) is 11.6 Å². The number of fused-ring (bicyclic) bond motifs is 6. The zero-order valence-corrected chi connectivity index (χ0v) is 23.9. The van der Waals surface area contributed by atoms with E-state index in [4.69, 9.17) is 6.57 Å². The van der Waals surface area contributed by atoms with E-state index in [0.29, 0.717) is 66.3 Å². The van der Waals surface area contributed by atoms with Crippen LogP contribution in [-0.4, -0.2) is 0 Å². The summed E-state index contributed by atoms with van der Waals surface area (Å²) in [5, 5.41) is 18.4. The molecule has 0 aromatic heterocycles. The number of nitrogens with zero attached hydrogens (tertiary/aromatic N) is 4. The SMILES string of the molecule is [C-]#[N+]/N=c1\c2cc(-c3ccc(F)c(C(F)(F)F)c3)ccc2c2cc3/c(=N/C#N)c4cc(-c5ccc(F)c(C(F)(F)F)c5)ccc4c3cc12. The van der Waals surface area contributed by atoms with Crippen molar-refractivity contribution in [3.05, 3.63) is 130 Å². The monoisotopic (exact) mass is 654 g/mol. The maximum atomic E-state index is 14.0. The largest absolute Gasteiger partial charge is 0.419 e. The molecule has 7 aromatic carbocycles. The second-order valence-corrected chi connectivity index (χ2v) is 11.0. The molecule has 0 saturated heterocycles. The van der Waals surface area contributed by atoms with Crippen molar-refractivity contribution < 1.29 is 35.1 Å². The van der Waals surface area contributed by atoms with E-state index in [2.05, 4.69) is 15.0 Å². The molecule has 234 valence electrons. The number of alkyl halides is 6. The van der Waals surface area contributed by atoms with Crippen LogP contribution in [0.25, 0.3) is 70.3 Å². The quantitative estimate of drug-likeness (QED) is 0.0793. The molecule has 0 bridgehead atoms. The molecule has 0 amide bonds. The third-order valence-electron chi connectivity index (χ3n) is 8.32. The van der Waals surface area contributed by atoms with E-state index in [-0.39, 0.29) is 21.8 Å². The van der Waals surface area contributed by atoms with E-state index in [9.17, 15) is 40.4 Å². The molecule has 0 aliphatic carbocycles. The Labute approximate surface area is 264 Å². The van der Waals surface area contributed by atoms with Gasteiger partial charge in [0.25, 0.3) is 0 Å². The summed E-state index contributed by atoms with van der Waals surface area (Å²) in [6, 6.07) is 18.4. The number of hydrogen-bond donors (Lipinski definition) is 0. The minimum absolute atomic E-state index is 0.0981. The van der Waals surface area contributed by atoms with Crippen LogP contribution in [0.15, 0.2) is 95.0 Å². The van der Waals surface area contributed by atoms with Crippen LogP contribution >= 0.6 is 0 Å². The van der Waals surface area contributed by atoms with Gasteiger partial charge in [0.05, 0.1) is 21.6 Å². The molecule has 4 nitrogen and oxygen atoms in total. The summed E-state index contributed by atoms with van der Waals surface area (Å²) in [7, 11) is 0. The van der Waals surface area contributed by atoms with Gasteiger partial charge in [0.2, 0.25) is 6.19 Å². The van der Waals surface area contributed by atoms with E-state index < -0.39 is 35.1 Å². The van der Waals surface area contributed by atoms with Crippen molar-refractivity contribution in [2.45, 2.75) is 12.4 Å². The first-order chi connectivity index (χ1) is 22.8. The van der Waals surface area contributed by atoms with Crippen LogP contribution in [0.2, 0.25) is 0 Å². The number of hydrogen-bond acceptors (Lipinski definition) is 3. The molecule has 0 heterocycles. The lowest BCUT2D eigenvalue weighted by atomic mass is 10.00. The minimum atomic E-state index is -4.91. The lowest BCUT2D eigenvalue weighted by Gasteiger charge is -2.10. The zero-order chi connectivity index (χ0) is 34.1. The molecule has 48 heavy (non-hydrogen) atoms. The van der Waals surface area contributed by atoms with Crippen molar-refractivity contribution in [3.8, 4) is 28.4 Å². The molecule has 0 saturated carbocycles. The normalized spacial score (nSPS) is 13.2. The second kappa shape index (κ2) is 10.7. The summed E-state index contributed by atoms with van der Waals surface area (Å²) in [5.41, 5.74) is -1.98. The molecule has 12 heteroatoms. The molecule has 0 unspecified atom stereocenters. The Bertz CT molecular complexity index is 2510. The summed E-state index contributed by atoms with van der Waals surface area (Å²) in [6.07, 6.45) is -8.05.